The van der Waals surface area contributed by atoms with Gasteiger partial charge in [-0.3, -0.25) is 0 Å². The lowest BCUT2D eigenvalue weighted by Crippen LogP contribution is -2.46. The molecule has 0 bridgehead atoms. The molecule has 0 radical (unpaired) electrons. The fourth-order valence-electron chi connectivity index (χ4n) is 4.16. The lowest BCUT2D eigenvalue weighted by atomic mass is 9.77. The van der Waals surface area contributed by atoms with Gasteiger partial charge in [0, 0.05) is 24.7 Å². The third-order valence-electron chi connectivity index (χ3n) is 5.57. The summed E-state index contributed by atoms with van der Waals surface area (Å²) >= 11 is 0. The summed E-state index contributed by atoms with van der Waals surface area (Å²) in [6, 6.07) is 0. The Morgan fingerprint density at radius 1 is 1.13 bits per heavy atom. The van der Waals surface area contributed by atoms with E-state index in [1.807, 2.05) is 19.3 Å². The summed E-state index contributed by atoms with van der Waals surface area (Å²) in [5.41, 5.74) is 5.24. The molecule has 3 heterocycles. The monoisotopic (exact) mass is 309 g/mol. The number of rotatable bonds is 1. The van der Waals surface area contributed by atoms with Gasteiger partial charge in [0.05, 0.1) is 11.9 Å². The SMILES string of the molecule is Cc1ncc2c(n1)C1(CCCN(c3nncc(C)c3C)C1)CC2. The summed E-state index contributed by atoms with van der Waals surface area (Å²) in [7, 11) is 0. The smallest absolute Gasteiger partial charge is 0.154 e. The van der Waals surface area contributed by atoms with E-state index < -0.39 is 0 Å². The van der Waals surface area contributed by atoms with Gasteiger partial charge in [0.25, 0.3) is 0 Å². The van der Waals surface area contributed by atoms with E-state index in [1.165, 1.54) is 41.6 Å². The van der Waals surface area contributed by atoms with Gasteiger partial charge in [-0.1, -0.05) is 0 Å². The standard InChI is InChI=1S/C18H23N5/c1-12-9-20-22-17(13(12)2)23-8-4-6-18(11-23)7-5-15-10-19-14(3)21-16(15)18/h9-10H,4-8,11H2,1-3H3. The second kappa shape index (κ2) is 5.25. The number of anilines is 1. The molecule has 23 heavy (non-hydrogen) atoms. The quantitative estimate of drug-likeness (QED) is 0.810. The van der Waals surface area contributed by atoms with E-state index in [1.54, 1.807) is 0 Å². The second-order valence-corrected chi connectivity index (χ2v) is 7.07. The number of aromatic nitrogens is 4. The number of nitrogens with zero attached hydrogens (tertiary/aromatic N) is 5. The molecular formula is C18H23N5. The Morgan fingerprint density at radius 2 is 2.00 bits per heavy atom. The molecule has 1 unspecified atom stereocenters. The van der Waals surface area contributed by atoms with Gasteiger partial charge in [0.15, 0.2) is 5.82 Å². The van der Waals surface area contributed by atoms with Crippen LogP contribution >= 0.6 is 0 Å². The lowest BCUT2D eigenvalue weighted by Gasteiger charge is -2.41. The van der Waals surface area contributed by atoms with Crippen LogP contribution in [0.2, 0.25) is 0 Å². The van der Waals surface area contributed by atoms with Gasteiger partial charge in [-0.2, -0.15) is 5.10 Å². The zero-order valence-electron chi connectivity index (χ0n) is 14.1. The van der Waals surface area contributed by atoms with Crippen LogP contribution in [0.3, 0.4) is 0 Å². The number of piperidine rings is 1. The number of hydrogen-bond acceptors (Lipinski definition) is 5. The minimum absolute atomic E-state index is 0.166. The van der Waals surface area contributed by atoms with Gasteiger partial charge in [0.2, 0.25) is 0 Å². The first-order chi connectivity index (χ1) is 11.1. The lowest BCUT2D eigenvalue weighted by molar-refractivity contribution is 0.332. The van der Waals surface area contributed by atoms with Crippen molar-refractivity contribution in [2.45, 2.75) is 51.9 Å². The third-order valence-corrected chi connectivity index (χ3v) is 5.57. The Labute approximate surface area is 137 Å². The molecule has 0 N–H and O–H groups in total. The molecule has 1 aliphatic carbocycles. The van der Waals surface area contributed by atoms with Crippen molar-refractivity contribution in [1.82, 2.24) is 20.2 Å². The highest BCUT2D eigenvalue weighted by Crippen LogP contribution is 2.44. The predicted octanol–water partition coefficient (Wildman–Crippen LogP) is 2.68. The molecule has 0 saturated carbocycles. The molecule has 120 valence electrons. The maximum Gasteiger partial charge on any atom is 0.154 e. The van der Waals surface area contributed by atoms with Gasteiger partial charge in [-0.05, 0) is 63.1 Å². The van der Waals surface area contributed by atoms with Crippen LogP contribution < -0.4 is 4.90 Å². The van der Waals surface area contributed by atoms with Crippen molar-refractivity contribution in [3.8, 4) is 0 Å². The number of aryl methyl sites for hydroxylation is 3. The van der Waals surface area contributed by atoms with Crippen LogP contribution in [0.25, 0.3) is 0 Å². The Hall–Kier alpha value is -2.04. The molecular weight excluding hydrogens is 286 g/mol. The molecule has 2 aromatic heterocycles. The average Bonchev–Trinajstić information content (AvgIpc) is 2.88. The van der Waals surface area contributed by atoms with E-state index in [-0.39, 0.29) is 5.41 Å². The van der Waals surface area contributed by atoms with Crippen molar-refractivity contribution in [3.05, 3.63) is 40.6 Å². The first-order valence-electron chi connectivity index (χ1n) is 8.46. The van der Waals surface area contributed by atoms with E-state index >= 15 is 0 Å². The van der Waals surface area contributed by atoms with E-state index in [2.05, 4.69) is 33.9 Å². The second-order valence-electron chi connectivity index (χ2n) is 7.07. The van der Waals surface area contributed by atoms with Gasteiger partial charge in [-0.25, -0.2) is 9.97 Å². The van der Waals surface area contributed by atoms with Crippen LogP contribution in [-0.2, 0) is 11.8 Å². The average molecular weight is 309 g/mol. The van der Waals surface area contributed by atoms with E-state index in [0.29, 0.717) is 0 Å². The fraction of sp³-hybridized carbons (Fsp3) is 0.556. The van der Waals surface area contributed by atoms with Crippen molar-refractivity contribution in [2.75, 3.05) is 18.0 Å². The van der Waals surface area contributed by atoms with Crippen molar-refractivity contribution >= 4 is 5.82 Å². The molecule has 1 saturated heterocycles. The highest BCUT2D eigenvalue weighted by Gasteiger charge is 2.44. The van der Waals surface area contributed by atoms with Crippen molar-refractivity contribution in [1.29, 1.82) is 0 Å². The summed E-state index contributed by atoms with van der Waals surface area (Å²) in [5.74, 6) is 1.93. The molecule has 0 aromatic carbocycles. The highest BCUT2D eigenvalue weighted by atomic mass is 15.3. The van der Waals surface area contributed by atoms with Crippen LogP contribution in [0.15, 0.2) is 12.4 Å². The van der Waals surface area contributed by atoms with Gasteiger partial charge in [-0.15, -0.1) is 5.10 Å². The minimum Gasteiger partial charge on any atom is -0.354 e. The Balaban J connectivity index is 1.71. The van der Waals surface area contributed by atoms with Crippen LogP contribution in [-0.4, -0.2) is 33.3 Å². The van der Waals surface area contributed by atoms with Crippen molar-refractivity contribution in [3.63, 3.8) is 0 Å². The van der Waals surface area contributed by atoms with Crippen LogP contribution in [0, 0.1) is 20.8 Å². The maximum absolute atomic E-state index is 4.82. The van der Waals surface area contributed by atoms with Gasteiger partial charge < -0.3 is 4.90 Å². The number of hydrogen-bond donors (Lipinski definition) is 0. The normalized spacial score (nSPS) is 23.3. The zero-order valence-corrected chi connectivity index (χ0v) is 14.1. The van der Waals surface area contributed by atoms with E-state index in [9.17, 15) is 0 Å². The van der Waals surface area contributed by atoms with Gasteiger partial charge in [0.1, 0.15) is 5.82 Å². The molecule has 2 aromatic rings. The van der Waals surface area contributed by atoms with Crippen LogP contribution in [0.4, 0.5) is 5.82 Å². The topological polar surface area (TPSA) is 54.8 Å². The molecule has 1 atom stereocenters. The molecule has 1 aliphatic heterocycles. The molecule has 0 amide bonds. The maximum atomic E-state index is 4.82. The van der Waals surface area contributed by atoms with Crippen molar-refractivity contribution in [2.24, 2.45) is 0 Å². The Kier molecular flexibility index (Phi) is 3.32. The summed E-state index contributed by atoms with van der Waals surface area (Å²) in [5, 5.41) is 8.61. The summed E-state index contributed by atoms with van der Waals surface area (Å²) in [6.07, 6.45) is 8.54. The Bertz CT molecular complexity index is 753. The molecule has 2 aliphatic rings. The summed E-state index contributed by atoms with van der Waals surface area (Å²) < 4.78 is 0. The molecule has 1 spiro atoms. The molecule has 1 fully saturated rings. The fourth-order valence-corrected chi connectivity index (χ4v) is 4.16. The highest BCUT2D eigenvalue weighted by molar-refractivity contribution is 5.50. The van der Waals surface area contributed by atoms with Crippen LogP contribution in [0.1, 0.15) is 47.5 Å². The minimum atomic E-state index is 0.166. The van der Waals surface area contributed by atoms with Crippen LogP contribution in [0.5, 0.6) is 0 Å². The largest absolute Gasteiger partial charge is 0.354 e. The van der Waals surface area contributed by atoms with E-state index in [4.69, 9.17) is 4.98 Å². The zero-order chi connectivity index (χ0) is 16.0. The van der Waals surface area contributed by atoms with E-state index in [0.717, 1.165) is 31.2 Å². The summed E-state index contributed by atoms with van der Waals surface area (Å²) in [6.45, 7) is 8.29. The molecule has 5 heteroatoms. The Morgan fingerprint density at radius 3 is 2.87 bits per heavy atom. The summed E-state index contributed by atoms with van der Waals surface area (Å²) in [4.78, 5) is 11.6. The number of fused-ring (bicyclic) bond motifs is 2. The first kappa shape index (κ1) is 14.5. The van der Waals surface area contributed by atoms with Crippen molar-refractivity contribution < 1.29 is 0 Å². The van der Waals surface area contributed by atoms with Gasteiger partial charge >= 0.3 is 0 Å². The molecule has 5 nitrogen and oxygen atoms in total. The predicted molar refractivity (Wildman–Crippen MR) is 89.7 cm³/mol. The molecule has 4 rings (SSSR count). The first-order valence-corrected chi connectivity index (χ1v) is 8.46. The third kappa shape index (κ3) is 2.30.